The Morgan fingerprint density at radius 2 is 1.67 bits per heavy atom. The summed E-state index contributed by atoms with van der Waals surface area (Å²) in [5.41, 5.74) is 4.14. The van der Waals surface area contributed by atoms with Crippen molar-refractivity contribution in [3.05, 3.63) is 60.7 Å². The Morgan fingerprint density at radius 3 is 2.37 bits per heavy atom. The van der Waals surface area contributed by atoms with Gasteiger partial charge in [0.25, 0.3) is 0 Å². The van der Waals surface area contributed by atoms with Gasteiger partial charge in [-0.2, -0.15) is 4.98 Å². The Kier molecular flexibility index (Phi) is 5.16. The van der Waals surface area contributed by atoms with E-state index in [2.05, 4.69) is 49.8 Å². The summed E-state index contributed by atoms with van der Waals surface area (Å²) in [6.07, 6.45) is 0. The standard InChI is InChI=1S/C21H23N5O/c1-22-21-24-19(16-5-3-2-4-6-16)15-20(25-21)23-17-7-9-18(10-8-17)26-11-13-27-14-12-26/h2-10,15H,11-14H2,1H3,(H2,22,23,24,25). The molecule has 1 saturated heterocycles. The molecule has 3 aromatic rings. The van der Waals surface area contributed by atoms with Crippen LogP contribution in [-0.4, -0.2) is 43.3 Å². The van der Waals surface area contributed by atoms with Gasteiger partial charge in [0.1, 0.15) is 5.82 Å². The number of hydrogen-bond donors (Lipinski definition) is 2. The van der Waals surface area contributed by atoms with Crippen molar-refractivity contribution in [3.8, 4) is 11.3 Å². The van der Waals surface area contributed by atoms with Gasteiger partial charge in [0, 0.05) is 43.1 Å². The molecule has 2 N–H and O–H groups in total. The van der Waals surface area contributed by atoms with Crippen LogP contribution < -0.4 is 15.5 Å². The van der Waals surface area contributed by atoms with Crippen LogP contribution in [0, 0.1) is 0 Å². The maximum atomic E-state index is 5.42. The summed E-state index contributed by atoms with van der Waals surface area (Å²) < 4.78 is 5.42. The molecule has 138 valence electrons. The quantitative estimate of drug-likeness (QED) is 0.721. The Labute approximate surface area is 159 Å². The van der Waals surface area contributed by atoms with Crippen molar-refractivity contribution in [2.45, 2.75) is 0 Å². The first-order valence-corrected chi connectivity index (χ1v) is 9.14. The Bertz CT molecular complexity index is 877. The highest BCUT2D eigenvalue weighted by Crippen LogP contribution is 2.25. The second kappa shape index (κ2) is 8.05. The van der Waals surface area contributed by atoms with Crippen molar-refractivity contribution < 1.29 is 4.74 Å². The van der Waals surface area contributed by atoms with Crippen LogP contribution in [0.3, 0.4) is 0 Å². The number of hydrogen-bond acceptors (Lipinski definition) is 6. The molecule has 6 nitrogen and oxygen atoms in total. The Morgan fingerprint density at radius 1 is 0.926 bits per heavy atom. The van der Waals surface area contributed by atoms with Crippen LogP contribution in [0.5, 0.6) is 0 Å². The molecular formula is C21H23N5O. The first-order chi connectivity index (χ1) is 13.3. The third-order valence-corrected chi connectivity index (χ3v) is 4.54. The largest absolute Gasteiger partial charge is 0.378 e. The normalized spacial score (nSPS) is 14.0. The lowest BCUT2D eigenvalue weighted by atomic mass is 10.1. The third-order valence-electron chi connectivity index (χ3n) is 4.54. The number of ether oxygens (including phenoxy) is 1. The van der Waals surface area contributed by atoms with E-state index < -0.39 is 0 Å². The van der Waals surface area contributed by atoms with Gasteiger partial charge in [-0.1, -0.05) is 30.3 Å². The van der Waals surface area contributed by atoms with Gasteiger partial charge in [0.15, 0.2) is 0 Å². The average molecular weight is 361 g/mol. The minimum atomic E-state index is 0.587. The molecular weight excluding hydrogens is 338 g/mol. The lowest BCUT2D eigenvalue weighted by molar-refractivity contribution is 0.122. The van der Waals surface area contributed by atoms with E-state index in [1.807, 2.05) is 43.4 Å². The molecule has 2 aromatic carbocycles. The van der Waals surface area contributed by atoms with Crippen molar-refractivity contribution in [2.75, 3.05) is 48.9 Å². The number of rotatable bonds is 5. The van der Waals surface area contributed by atoms with Crippen molar-refractivity contribution in [3.63, 3.8) is 0 Å². The third kappa shape index (κ3) is 4.17. The number of benzene rings is 2. The van der Waals surface area contributed by atoms with Crippen molar-refractivity contribution in [2.24, 2.45) is 0 Å². The van der Waals surface area contributed by atoms with Crippen LogP contribution in [-0.2, 0) is 4.74 Å². The Hall–Kier alpha value is -3.12. The molecule has 0 saturated carbocycles. The molecule has 0 radical (unpaired) electrons. The summed E-state index contributed by atoms with van der Waals surface area (Å²) in [6.45, 7) is 3.45. The second-order valence-electron chi connectivity index (χ2n) is 6.35. The smallest absolute Gasteiger partial charge is 0.224 e. The van der Waals surface area contributed by atoms with Crippen LogP contribution in [0.1, 0.15) is 0 Å². The summed E-state index contributed by atoms with van der Waals surface area (Å²) in [4.78, 5) is 11.4. The van der Waals surface area contributed by atoms with E-state index in [-0.39, 0.29) is 0 Å². The Balaban J connectivity index is 1.55. The maximum Gasteiger partial charge on any atom is 0.224 e. The molecule has 1 fully saturated rings. The highest BCUT2D eigenvalue weighted by molar-refractivity contribution is 5.68. The SMILES string of the molecule is CNc1nc(Nc2ccc(N3CCOCC3)cc2)cc(-c2ccccc2)n1. The van der Waals surface area contributed by atoms with E-state index >= 15 is 0 Å². The van der Waals surface area contributed by atoms with Gasteiger partial charge in [-0.3, -0.25) is 0 Å². The molecule has 0 spiro atoms. The van der Waals surface area contributed by atoms with Crippen LogP contribution in [0.4, 0.5) is 23.1 Å². The maximum absolute atomic E-state index is 5.42. The number of nitrogens with zero attached hydrogens (tertiary/aromatic N) is 3. The summed E-state index contributed by atoms with van der Waals surface area (Å²) in [5, 5.41) is 6.42. The predicted molar refractivity (Wildman–Crippen MR) is 110 cm³/mol. The predicted octanol–water partition coefficient (Wildman–Crippen LogP) is 3.77. The molecule has 0 amide bonds. The summed E-state index contributed by atoms with van der Waals surface area (Å²) in [5.74, 6) is 1.34. The van der Waals surface area contributed by atoms with Gasteiger partial charge in [-0.15, -0.1) is 0 Å². The number of morpholine rings is 1. The summed E-state index contributed by atoms with van der Waals surface area (Å²) in [6, 6.07) is 20.5. The van der Waals surface area contributed by atoms with Crippen molar-refractivity contribution in [1.29, 1.82) is 0 Å². The fourth-order valence-electron chi connectivity index (χ4n) is 3.10. The molecule has 0 unspecified atom stereocenters. The van der Waals surface area contributed by atoms with Gasteiger partial charge < -0.3 is 20.3 Å². The first-order valence-electron chi connectivity index (χ1n) is 9.14. The molecule has 0 aliphatic carbocycles. The highest BCUT2D eigenvalue weighted by Gasteiger charge is 2.11. The fourth-order valence-corrected chi connectivity index (χ4v) is 3.10. The van der Waals surface area contributed by atoms with E-state index in [1.165, 1.54) is 5.69 Å². The van der Waals surface area contributed by atoms with Crippen molar-refractivity contribution >= 4 is 23.1 Å². The van der Waals surface area contributed by atoms with E-state index in [9.17, 15) is 0 Å². The zero-order valence-electron chi connectivity index (χ0n) is 15.4. The van der Waals surface area contributed by atoms with Crippen LogP contribution in [0.15, 0.2) is 60.7 Å². The molecule has 0 atom stereocenters. The van der Waals surface area contributed by atoms with Gasteiger partial charge in [0.2, 0.25) is 5.95 Å². The molecule has 2 heterocycles. The van der Waals surface area contributed by atoms with Gasteiger partial charge >= 0.3 is 0 Å². The molecule has 1 aromatic heterocycles. The van der Waals surface area contributed by atoms with Gasteiger partial charge in [-0.25, -0.2) is 4.98 Å². The zero-order valence-corrected chi connectivity index (χ0v) is 15.4. The lowest BCUT2D eigenvalue weighted by Gasteiger charge is -2.28. The topological polar surface area (TPSA) is 62.3 Å². The fraction of sp³-hybridized carbons (Fsp3) is 0.238. The summed E-state index contributed by atoms with van der Waals surface area (Å²) in [7, 11) is 1.82. The highest BCUT2D eigenvalue weighted by atomic mass is 16.5. The molecule has 1 aliphatic rings. The summed E-state index contributed by atoms with van der Waals surface area (Å²) >= 11 is 0. The van der Waals surface area contributed by atoms with Crippen LogP contribution >= 0.6 is 0 Å². The van der Waals surface area contributed by atoms with Gasteiger partial charge in [0.05, 0.1) is 18.9 Å². The lowest BCUT2D eigenvalue weighted by Crippen LogP contribution is -2.36. The second-order valence-corrected chi connectivity index (χ2v) is 6.35. The number of anilines is 4. The minimum absolute atomic E-state index is 0.587. The number of nitrogens with one attached hydrogen (secondary N) is 2. The molecule has 27 heavy (non-hydrogen) atoms. The van der Waals surface area contributed by atoms with E-state index in [0.717, 1.165) is 49.1 Å². The van der Waals surface area contributed by atoms with E-state index in [0.29, 0.717) is 5.95 Å². The number of aromatic nitrogens is 2. The average Bonchev–Trinajstić information content (AvgIpc) is 2.75. The monoisotopic (exact) mass is 361 g/mol. The minimum Gasteiger partial charge on any atom is -0.378 e. The van der Waals surface area contributed by atoms with E-state index in [4.69, 9.17) is 4.74 Å². The van der Waals surface area contributed by atoms with Crippen LogP contribution in [0.25, 0.3) is 11.3 Å². The van der Waals surface area contributed by atoms with Crippen molar-refractivity contribution in [1.82, 2.24) is 9.97 Å². The molecule has 1 aliphatic heterocycles. The van der Waals surface area contributed by atoms with E-state index in [1.54, 1.807) is 0 Å². The van der Waals surface area contributed by atoms with Crippen LogP contribution in [0.2, 0.25) is 0 Å². The first kappa shape index (κ1) is 17.3. The zero-order chi connectivity index (χ0) is 18.5. The molecule has 4 rings (SSSR count). The molecule has 6 heteroatoms. The van der Waals surface area contributed by atoms with Gasteiger partial charge in [-0.05, 0) is 24.3 Å². The molecule has 0 bridgehead atoms.